The summed E-state index contributed by atoms with van der Waals surface area (Å²) in [5.74, 6) is -1.30. The first kappa shape index (κ1) is 29.8. The van der Waals surface area contributed by atoms with E-state index in [1.54, 1.807) is 12.4 Å². The van der Waals surface area contributed by atoms with Crippen LogP contribution in [0.1, 0.15) is 67.9 Å². The lowest BCUT2D eigenvalue weighted by Crippen LogP contribution is -2.34. The van der Waals surface area contributed by atoms with E-state index in [9.17, 15) is 9.90 Å². The van der Waals surface area contributed by atoms with E-state index in [1.165, 1.54) is 25.3 Å². The van der Waals surface area contributed by atoms with Crippen molar-refractivity contribution >= 4 is 11.6 Å². The second-order valence-corrected chi connectivity index (χ2v) is 11.1. The summed E-state index contributed by atoms with van der Waals surface area (Å²) in [6.45, 7) is 5.32. The number of anilines is 1. The van der Waals surface area contributed by atoms with Gasteiger partial charge in [0.2, 0.25) is 0 Å². The first-order chi connectivity index (χ1) is 20.3. The highest BCUT2D eigenvalue weighted by molar-refractivity contribution is 6.03. The van der Waals surface area contributed by atoms with Crippen LogP contribution in [0.3, 0.4) is 0 Å². The normalized spacial score (nSPS) is 22.9. The van der Waals surface area contributed by atoms with Crippen molar-refractivity contribution in [3.05, 3.63) is 65.6 Å². The highest BCUT2D eigenvalue weighted by Crippen LogP contribution is 2.43. The van der Waals surface area contributed by atoms with Crippen molar-refractivity contribution in [2.24, 2.45) is 11.8 Å². The number of amides is 1. The molecule has 0 radical (unpaired) electrons. The zero-order chi connectivity index (χ0) is 29.8. The standard InChI is InChI=1S/C32H37F2N3O5/c1-4-19-13-20(14-28(38)18(19)2)23-7-10-35-17-27(23)37-32(39)26-6-5-24(33)31(36-26)30-25(34)15-22(16-29(30)40-3)42-21-8-11-41-12-9-21/h5-7,10,15-21,28,38H,4,8-9,11-14H2,1-3H3,(H,37,39)/t18-,19-,20+,28+/m0/s1. The number of carbonyl (C=O) groups excluding carboxylic acids is 1. The number of methoxy groups -OCH3 is 1. The summed E-state index contributed by atoms with van der Waals surface area (Å²) in [5, 5.41) is 13.5. The van der Waals surface area contributed by atoms with Crippen LogP contribution in [0.25, 0.3) is 11.3 Å². The molecule has 8 nitrogen and oxygen atoms in total. The molecular formula is C32H37F2N3O5. The number of nitrogens with one attached hydrogen (secondary N) is 1. The molecule has 1 amide bonds. The van der Waals surface area contributed by atoms with Crippen molar-refractivity contribution in [3.63, 3.8) is 0 Å². The van der Waals surface area contributed by atoms with E-state index in [0.29, 0.717) is 44.1 Å². The van der Waals surface area contributed by atoms with Gasteiger partial charge in [0, 0.05) is 31.2 Å². The minimum Gasteiger partial charge on any atom is -0.496 e. The number of halogens is 2. The first-order valence-electron chi connectivity index (χ1n) is 14.5. The number of ether oxygens (including phenoxy) is 3. The summed E-state index contributed by atoms with van der Waals surface area (Å²) in [4.78, 5) is 21.8. The molecule has 3 heterocycles. The molecule has 42 heavy (non-hydrogen) atoms. The monoisotopic (exact) mass is 581 g/mol. The van der Waals surface area contributed by atoms with Crippen LogP contribution in [-0.2, 0) is 4.74 Å². The summed E-state index contributed by atoms with van der Waals surface area (Å²) in [7, 11) is 1.35. The van der Waals surface area contributed by atoms with Crippen LogP contribution >= 0.6 is 0 Å². The third-order valence-electron chi connectivity index (χ3n) is 8.56. The summed E-state index contributed by atoms with van der Waals surface area (Å²) < 4.78 is 47.2. The molecule has 3 aromatic rings. The van der Waals surface area contributed by atoms with Crippen molar-refractivity contribution in [1.82, 2.24) is 9.97 Å². The molecule has 2 N–H and O–H groups in total. The Morgan fingerprint density at radius 3 is 2.67 bits per heavy atom. The van der Waals surface area contributed by atoms with Crippen LogP contribution in [0.5, 0.6) is 11.5 Å². The number of aliphatic hydroxyl groups excluding tert-OH is 1. The predicted octanol–water partition coefficient (Wildman–Crippen LogP) is 6.14. The molecule has 2 aliphatic rings. The third kappa shape index (κ3) is 6.39. The maximum atomic E-state index is 15.5. The molecule has 0 bridgehead atoms. The molecule has 0 unspecified atom stereocenters. The highest BCUT2D eigenvalue weighted by atomic mass is 19.1. The predicted molar refractivity (Wildman–Crippen MR) is 154 cm³/mol. The van der Waals surface area contributed by atoms with Crippen LogP contribution in [-0.4, -0.2) is 53.5 Å². The van der Waals surface area contributed by atoms with Gasteiger partial charge in [-0.15, -0.1) is 0 Å². The molecule has 10 heteroatoms. The first-order valence-corrected chi connectivity index (χ1v) is 14.5. The van der Waals surface area contributed by atoms with E-state index >= 15 is 8.78 Å². The number of aliphatic hydroxyl groups is 1. The molecule has 1 aliphatic carbocycles. The van der Waals surface area contributed by atoms with E-state index < -0.39 is 23.6 Å². The van der Waals surface area contributed by atoms with Crippen LogP contribution < -0.4 is 14.8 Å². The van der Waals surface area contributed by atoms with Crippen LogP contribution in [0.15, 0.2) is 42.7 Å². The fraction of sp³-hybridized carbons (Fsp3) is 0.469. The highest BCUT2D eigenvalue weighted by Gasteiger charge is 2.35. The Kier molecular flexibility index (Phi) is 9.33. The lowest BCUT2D eigenvalue weighted by atomic mass is 9.70. The van der Waals surface area contributed by atoms with E-state index in [0.717, 1.165) is 24.5 Å². The quantitative estimate of drug-likeness (QED) is 0.329. The zero-order valence-electron chi connectivity index (χ0n) is 24.1. The van der Waals surface area contributed by atoms with Crippen LogP contribution in [0, 0.1) is 23.5 Å². The number of carbonyl (C=O) groups is 1. The van der Waals surface area contributed by atoms with Gasteiger partial charge in [0.1, 0.15) is 40.6 Å². The number of hydrogen-bond donors (Lipinski definition) is 2. The van der Waals surface area contributed by atoms with Crippen molar-refractivity contribution in [2.75, 3.05) is 25.6 Å². The van der Waals surface area contributed by atoms with E-state index in [1.807, 2.05) is 6.07 Å². The number of rotatable bonds is 8. The summed E-state index contributed by atoms with van der Waals surface area (Å²) in [6.07, 6.45) is 6.43. The van der Waals surface area contributed by atoms with Gasteiger partial charge in [0.25, 0.3) is 5.91 Å². The third-order valence-corrected chi connectivity index (χ3v) is 8.56. The van der Waals surface area contributed by atoms with E-state index in [2.05, 4.69) is 29.1 Å². The van der Waals surface area contributed by atoms with Crippen molar-refractivity contribution in [2.45, 2.75) is 64.1 Å². The van der Waals surface area contributed by atoms with Crippen LogP contribution in [0.2, 0.25) is 0 Å². The molecule has 224 valence electrons. The number of pyridine rings is 2. The largest absolute Gasteiger partial charge is 0.496 e. The number of hydrogen-bond acceptors (Lipinski definition) is 7. The van der Waals surface area contributed by atoms with Gasteiger partial charge in [-0.25, -0.2) is 13.8 Å². The summed E-state index contributed by atoms with van der Waals surface area (Å²) in [6, 6.07) is 6.84. The Bertz CT molecular complexity index is 1410. The molecule has 1 aromatic carbocycles. The van der Waals surface area contributed by atoms with Gasteiger partial charge in [-0.2, -0.15) is 0 Å². The van der Waals surface area contributed by atoms with Gasteiger partial charge in [0.15, 0.2) is 0 Å². The minimum atomic E-state index is -0.806. The smallest absolute Gasteiger partial charge is 0.274 e. The SMILES string of the molecule is CC[C@H]1C[C@@H](c2ccncc2NC(=O)c2ccc(F)c(-c3c(F)cc(OC4CCOCC4)cc3OC)n2)C[C@@H](O)[C@H]1C. The maximum Gasteiger partial charge on any atom is 0.274 e. The minimum absolute atomic E-state index is 0.0335. The van der Waals surface area contributed by atoms with Gasteiger partial charge in [0.05, 0.1) is 43.9 Å². The fourth-order valence-corrected chi connectivity index (χ4v) is 6.09. The molecule has 1 aliphatic heterocycles. The fourth-order valence-electron chi connectivity index (χ4n) is 6.09. The molecule has 2 aromatic heterocycles. The Labute approximate surface area is 244 Å². The van der Waals surface area contributed by atoms with E-state index in [-0.39, 0.29) is 46.4 Å². The van der Waals surface area contributed by atoms with Crippen molar-refractivity contribution < 1.29 is 32.9 Å². The second kappa shape index (κ2) is 13.1. The van der Waals surface area contributed by atoms with E-state index in [4.69, 9.17) is 14.2 Å². The molecule has 2 fully saturated rings. The molecule has 4 atom stereocenters. The van der Waals surface area contributed by atoms with Gasteiger partial charge in [-0.1, -0.05) is 20.3 Å². The average Bonchev–Trinajstić information content (AvgIpc) is 2.99. The second-order valence-electron chi connectivity index (χ2n) is 11.1. The number of nitrogens with zero attached hydrogens (tertiary/aromatic N) is 2. The van der Waals surface area contributed by atoms with Crippen molar-refractivity contribution in [1.29, 1.82) is 0 Å². The Morgan fingerprint density at radius 2 is 1.93 bits per heavy atom. The summed E-state index contributed by atoms with van der Waals surface area (Å²) >= 11 is 0. The van der Waals surface area contributed by atoms with Crippen LogP contribution in [0.4, 0.5) is 14.5 Å². The Morgan fingerprint density at radius 1 is 1.14 bits per heavy atom. The van der Waals surface area contributed by atoms with Crippen molar-refractivity contribution in [3.8, 4) is 22.8 Å². The molecule has 5 rings (SSSR count). The van der Waals surface area contributed by atoms with Gasteiger partial charge in [-0.3, -0.25) is 9.78 Å². The molecular weight excluding hydrogens is 544 g/mol. The number of aromatic nitrogens is 2. The average molecular weight is 582 g/mol. The number of benzene rings is 1. The van der Waals surface area contributed by atoms with Gasteiger partial charge < -0.3 is 24.6 Å². The van der Waals surface area contributed by atoms with Gasteiger partial charge >= 0.3 is 0 Å². The zero-order valence-corrected chi connectivity index (χ0v) is 24.1. The Balaban J connectivity index is 1.40. The summed E-state index contributed by atoms with van der Waals surface area (Å²) in [5.41, 5.74) is 0.708. The molecule has 1 saturated heterocycles. The molecule has 1 saturated carbocycles. The molecule has 0 spiro atoms. The lowest BCUT2D eigenvalue weighted by Gasteiger charge is -2.38. The Hall–Kier alpha value is -3.63. The topological polar surface area (TPSA) is 103 Å². The van der Waals surface area contributed by atoms with Gasteiger partial charge in [-0.05, 0) is 54.4 Å². The maximum absolute atomic E-state index is 15.5. The lowest BCUT2D eigenvalue weighted by molar-refractivity contribution is 0.0254.